The Bertz CT molecular complexity index is 537. The van der Waals surface area contributed by atoms with Gasteiger partial charge in [0.1, 0.15) is 0 Å². The van der Waals surface area contributed by atoms with Gasteiger partial charge in [0, 0.05) is 17.0 Å². The first kappa shape index (κ1) is 14.6. The average molecular weight is 307 g/mol. The van der Waals surface area contributed by atoms with E-state index in [1.165, 1.54) is 19.3 Å². The van der Waals surface area contributed by atoms with Crippen LogP contribution in [0.1, 0.15) is 42.5 Å². The summed E-state index contributed by atoms with van der Waals surface area (Å²) in [6.45, 7) is -0.179. The standard InChI is InChI=1S/C17H19ClO3/c18-15-5-3-12(4-6-15)16(19)10-21-17(20)9-14-8-11-1-2-13(14)7-11/h3-6,11,13-14H,1-2,7-10H2. The van der Waals surface area contributed by atoms with Crippen LogP contribution in [0.4, 0.5) is 0 Å². The fourth-order valence-corrected chi connectivity index (χ4v) is 3.89. The zero-order valence-electron chi connectivity index (χ0n) is 11.9. The smallest absolute Gasteiger partial charge is 0.306 e. The summed E-state index contributed by atoms with van der Waals surface area (Å²) in [5, 5.41) is 0.583. The predicted molar refractivity (Wildman–Crippen MR) is 80.3 cm³/mol. The third kappa shape index (κ3) is 3.46. The van der Waals surface area contributed by atoms with Gasteiger partial charge < -0.3 is 4.74 Å². The lowest BCUT2D eigenvalue weighted by Crippen LogP contribution is -2.19. The highest BCUT2D eigenvalue weighted by molar-refractivity contribution is 6.30. The molecule has 2 aliphatic carbocycles. The molecule has 0 N–H and O–H groups in total. The van der Waals surface area contributed by atoms with Gasteiger partial charge >= 0.3 is 5.97 Å². The Balaban J connectivity index is 1.45. The number of ether oxygens (including phenoxy) is 1. The number of fused-ring (bicyclic) bond motifs is 2. The Hall–Kier alpha value is -1.35. The number of rotatable bonds is 5. The van der Waals surface area contributed by atoms with E-state index in [0.717, 1.165) is 12.3 Å². The quantitative estimate of drug-likeness (QED) is 0.612. The second-order valence-corrected chi connectivity index (χ2v) is 6.67. The highest BCUT2D eigenvalue weighted by atomic mass is 35.5. The molecule has 2 fully saturated rings. The number of halogens is 1. The maximum Gasteiger partial charge on any atom is 0.306 e. The van der Waals surface area contributed by atoms with Gasteiger partial charge in [0.15, 0.2) is 12.4 Å². The van der Waals surface area contributed by atoms with E-state index in [1.54, 1.807) is 24.3 Å². The molecule has 4 heteroatoms. The van der Waals surface area contributed by atoms with Crippen molar-refractivity contribution in [2.45, 2.75) is 32.1 Å². The van der Waals surface area contributed by atoms with Gasteiger partial charge in [0.05, 0.1) is 0 Å². The molecule has 1 aromatic carbocycles. The van der Waals surface area contributed by atoms with Crippen LogP contribution in [0.5, 0.6) is 0 Å². The van der Waals surface area contributed by atoms with Crippen molar-refractivity contribution in [2.75, 3.05) is 6.61 Å². The summed E-state index contributed by atoms with van der Waals surface area (Å²) in [6, 6.07) is 6.61. The highest BCUT2D eigenvalue weighted by Crippen LogP contribution is 2.49. The minimum Gasteiger partial charge on any atom is -0.457 e. The molecular formula is C17H19ClO3. The Kier molecular flexibility index (Phi) is 4.29. The number of hydrogen-bond acceptors (Lipinski definition) is 3. The molecule has 0 aliphatic heterocycles. The number of hydrogen-bond donors (Lipinski definition) is 0. The molecular weight excluding hydrogens is 288 g/mol. The van der Waals surface area contributed by atoms with Gasteiger partial charge in [-0.05, 0) is 61.3 Å². The average Bonchev–Trinajstić information content (AvgIpc) is 3.08. The van der Waals surface area contributed by atoms with E-state index >= 15 is 0 Å². The summed E-state index contributed by atoms with van der Waals surface area (Å²) in [5.74, 6) is 1.57. The second-order valence-electron chi connectivity index (χ2n) is 6.23. The summed E-state index contributed by atoms with van der Waals surface area (Å²) >= 11 is 5.77. The Labute approximate surface area is 129 Å². The van der Waals surface area contributed by atoms with Crippen molar-refractivity contribution in [1.29, 1.82) is 0 Å². The van der Waals surface area contributed by atoms with Crippen LogP contribution >= 0.6 is 11.6 Å². The molecule has 2 aliphatic rings. The minimum atomic E-state index is -0.241. The largest absolute Gasteiger partial charge is 0.457 e. The van der Waals surface area contributed by atoms with Crippen LogP contribution in [0.15, 0.2) is 24.3 Å². The molecule has 3 atom stereocenters. The molecule has 3 nitrogen and oxygen atoms in total. The van der Waals surface area contributed by atoms with E-state index in [9.17, 15) is 9.59 Å². The molecule has 0 radical (unpaired) electrons. The molecule has 0 amide bonds. The normalized spacial score (nSPS) is 26.8. The van der Waals surface area contributed by atoms with E-state index in [4.69, 9.17) is 16.3 Å². The number of benzene rings is 1. The number of Topliss-reactive ketones (excluding diaryl/α,β-unsaturated/α-hetero) is 1. The van der Waals surface area contributed by atoms with Crippen LogP contribution in [-0.4, -0.2) is 18.4 Å². The van der Waals surface area contributed by atoms with Crippen molar-refractivity contribution < 1.29 is 14.3 Å². The van der Waals surface area contributed by atoms with Gasteiger partial charge in [-0.2, -0.15) is 0 Å². The topological polar surface area (TPSA) is 43.4 Å². The zero-order valence-corrected chi connectivity index (χ0v) is 12.6. The molecule has 3 unspecified atom stereocenters. The maximum absolute atomic E-state index is 11.9. The first-order chi connectivity index (χ1) is 10.1. The molecule has 0 saturated heterocycles. The second kappa shape index (κ2) is 6.18. The van der Waals surface area contributed by atoms with Crippen LogP contribution in [0.3, 0.4) is 0 Å². The molecule has 112 valence electrons. The van der Waals surface area contributed by atoms with Gasteiger partial charge in [-0.15, -0.1) is 0 Å². The van der Waals surface area contributed by atoms with Crippen LogP contribution in [-0.2, 0) is 9.53 Å². The predicted octanol–water partition coefficient (Wildman–Crippen LogP) is 3.89. The third-order valence-electron chi connectivity index (χ3n) is 4.84. The third-order valence-corrected chi connectivity index (χ3v) is 5.10. The molecule has 21 heavy (non-hydrogen) atoms. The Morgan fingerprint density at radius 1 is 1.14 bits per heavy atom. The van der Waals surface area contributed by atoms with Gasteiger partial charge in [0.2, 0.25) is 0 Å². The Morgan fingerprint density at radius 3 is 2.52 bits per heavy atom. The maximum atomic E-state index is 11.9. The SMILES string of the molecule is O=C(CC1CC2CCC1C2)OCC(=O)c1ccc(Cl)cc1. The lowest BCUT2D eigenvalue weighted by molar-refractivity contribution is -0.144. The number of carbonyl (C=O) groups is 2. The van der Waals surface area contributed by atoms with Gasteiger partial charge in [-0.1, -0.05) is 18.0 Å². The van der Waals surface area contributed by atoms with Crippen molar-refractivity contribution in [2.24, 2.45) is 17.8 Å². The van der Waals surface area contributed by atoms with Crippen LogP contribution < -0.4 is 0 Å². The molecule has 3 rings (SSSR count). The Morgan fingerprint density at radius 2 is 1.90 bits per heavy atom. The van der Waals surface area contributed by atoms with Gasteiger partial charge in [-0.3, -0.25) is 9.59 Å². The summed E-state index contributed by atoms with van der Waals surface area (Å²) < 4.78 is 5.14. The first-order valence-electron chi connectivity index (χ1n) is 7.56. The molecule has 0 heterocycles. The number of carbonyl (C=O) groups excluding carboxylic acids is 2. The summed E-state index contributed by atoms with van der Waals surface area (Å²) in [7, 11) is 0. The zero-order chi connectivity index (χ0) is 14.8. The van der Waals surface area contributed by atoms with E-state index in [2.05, 4.69) is 0 Å². The van der Waals surface area contributed by atoms with E-state index in [0.29, 0.717) is 28.8 Å². The van der Waals surface area contributed by atoms with Crippen molar-refractivity contribution >= 4 is 23.4 Å². The first-order valence-corrected chi connectivity index (χ1v) is 7.94. The van der Waals surface area contributed by atoms with Crippen LogP contribution in [0.25, 0.3) is 0 Å². The highest BCUT2D eigenvalue weighted by Gasteiger charge is 2.40. The lowest BCUT2D eigenvalue weighted by atomic mass is 9.86. The number of esters is 1. The monoisotopic (exact) mass is 306 g/mol. The van der Waals surface area contributed by atoms with E-state index < -0.39 is 0 Å². The van der Waals surface area contributed by atoms with Crippen molar-refractivity contribution in [1.82, 2.24) is 0 Å². The summed E-state index contributed by atoms with van der Waals surface area (Å²) in [5.41, 5.74) is 0.520. The fourth-order valence-electron chi connectivity index (χ4n) is 3.76. The molecule has 0 aromatic heterocycles. The molecule has 2 bridgehead atoms. The van der Waals surface area contributed by atoms with Crippen molar-refractivity contribution in [3.8, 4) is 0 Å². The summed E-state index contributed by atoms with van der Waals surface area (Å²) in [4.78, 5) is 23.8. The summed E-state index contributed by atoms with van der Waals surface area (Å²) in [6.07, 6.45) is 5.49. The van der Waals surface area contributed by atoms with E-state index in [1.807, 2.05) is 0 Å². The molecule has 1 aromatic rings. The van der Waals surface area contributed by atoms with Crippen LogP contribution in [0.2, 0.25) is 5.02 Å². The van der Waals surface area contributed by atoms with E-state index in [-0.39, 0.29) is 18.4 Å². The van der Waals surface area contributed by atoms with Crippen molar-refractivity contribution in [3.63, 3.8) is 0 Å². The van der Waals surface area contributed by atoms with Crippen molar-refractivity contribution in [3.05, 3.63) is 34.9 Å². The molecule has 0 spiro atoms. The van der Waals surface area contributed by atoms with Gasteiger partial charge in [0.25, 0.3) is 0 Å². The number of ketones is 1. The van der Waals surface area contributed by atoms with Gasteiger partial charge in [-0.25, -0.2) is 0 Å². The minimum absolute atomic E-state index is 0.179. The fraction of sp³-hybridized carbons (Fsp3) is 0.529. The molecule has 2 saturated carbocycles. The lowest BCUT2D eigenvalue weighted by Gasteiger charge is -2.20. The van der Waals surface area contributed by atoms with Crippen LogP contribution in [0, 0.1) is 17.8 Å².